The van der Waals surface area contributed by atoms with Crippen LogP contribution < -0.4 is 5.73 Å². The third-order valence-corrected chi connectivity index (χ3v) is 4.54. The van der Waals surface area contributed by atoms with Gasteiger partial charge in [-0.15, -0.1) is 0 Å². The second-order valence-electron chi connectivity index (χ2n) is 6.03. The zero-order chi connectivity index (χ0) is 21.3. The van der Waals surface area contributed by atoms with Crippen molar-refractivity contribution in [3.63, 3.8) is 0 Å². The number of rotatable bonds is 1. The van der Waals surface area contributed by atoms with Crippen molar-refractivity contribution in [1.29, 1.82) is 5.26 Å². The topological polar surface area (TPSA) is 67.6 Å². The van der Waals surface area contributed by atoms with E-state index < -0.39 is 11.7 Å². The number of nitrogens with zero attached hydrogens (tertiary/aromatic N) is 3. The summed E-state index contributed by atoms with van der Waals surface area (Å²) in [7, 11) is 0. The minimum absolute atomic E-state index is 0.0651. The summed E-state index contributed by atoms with van der Waals surface area (Å²) >= 11 is 12.0. The molecule has 4 nitrogen and oxygen atoms in total. The van der Waals surface area contributed by atoms with E-state index in [2.05, 4.69) is 16.9 Å². The van der Waals surface area contributed by atoms with Crippen LogP contribution in [0.15, 0.2) is 36.4 Å². The van der Waals surface area contributed by atoms with Crippen LogP contribution in [0, 0.1) is 30.1 Å². The minimum Gasteiger partial charge on any atom is -0.383 e. The van der Waals surface area contributed by atoms with E-state index in [-0.39, 0.29) is 32.8 Å². The molecule has 0 atom stereocenters. The van der Waals surface area contributed by atoms with Gasteiger partial charge in [-0.25, -0.2) is 4.68 Å². The molecule has 146 valence electrons. The van der Waals surface area contributed by atoms with E-state index in [9.17, 15) is 18.4 Å². The molecule has 0 aliphatic carbocycles. The maximum absolute atomic E-state index is 12.9. The number of nitrogens with two attached hydrogens (primary N) is 1. The van der Waals surface area contributed by atoms with Crippen LogP contribution in [0.1, 0.15) is 27.9 Å². The quantitative estimate of drug-likeness (QED) is 0.524. The Morgan fingerprint density at radius 2 is 1.66 bits per heavy atom. The number of hydrogen-bond donors (Lipinski definition) is 1. The molecule has 29 heavy (non-hydrogen) atoms. The summed E-state index contributed by atoms with van der Waals surface area (Å²) in [4.78, 5) is 0. The normalized spacial score (nSPS) is 10.9. The Bertz CT molecular complexity index is 1170. The molecule has 0 bridgehead atoms. The number of nitriles is 1. The van der Waals surface area contributed by atoms with Crippen LogP contribution in [0.2, 0.25) is 10.0 Å². The molecule has 0 saturated heterocycles. The van der Waals surface area contributed by atoms with Gasteiger partial charge in [-0.1, -0.05) is 52.7 Å². The Morgan fingerprint density at radius 1 is 1.07 bits per heavy atom. The average Bonchev–Trinajstić information content (AvgIpc) is 2.95. The van der Waals surface area contributed by atoms with Crippen LogP contribution in [0.4, 0.5) is 19.0 Å². The molecule has 0 unspecified atom stereocenters. The van der Waals surface area contributed by atoms with E-state index in [0.717, 1.165) is 10.2 Å². The summed E-state index contributed by atoms with van der Waals surface area (Å²) in [6.45, 7) is 1.94. The predicted molar refractivity (Wildman–Crippen MR) is 105 cm³/mol. The number of halogens is 5. The van der Waals surface area contributed by atoms with Gasteiger partial charge in [-0.3, -0.25) is 0 Å². The lowest BCUT2D eigenvalue weighted by Crippen LogP contribution is -2.08. The lowest BCUT2D eigenvalue weighted by Gasteiger charge is -2.13. The SMILES string of the molecule is Cc1ccc(C#Cc2c(C#N)nn(-c3c(Cl)cc(C(F)(F)F)cc3Cl)c2N)cc1. The van der Waals surface area contributed by atoms with Crippen LogP contribution in [-0.2, 0) is 6.18 Å². The molecule has 0 saturated carbocycles. The van der Waals surface area contributed by atoms with E-state index in [1.54, 1.807) is 12.1 Å². The number of hydrogen-bond acceptors (Lipinski definition) is 3. The van der Waals surface area contributed by atoms with E-state index in [1.807, 2.05) is 25.1 Å². The highest BCUT2D eigenvalue weighted by Crippen LogP contribution is 2.38. The zero-order valence-corrected chi connectivity index (χ0v) is 16.3. The first-order valence-corrected chi connectivity index (χ1v) is 8.81. The maximum Gasteiger partial charge on any atom is 0.416 e. The maximum atomic E-state index is 12.9. The summed E-state index contributed by atoms with van der Waals surface area (Å²) in [6, 6.07) is 10.7. The lowest BCUT2D eigenvalue weighted by atomic mass is 10.1. The monoisotopic (exact) mass is 434 g/mol. The molecular formula is C20H11Cl2F3N4. The lowest BCUT2D eigenvalue weighted by molar-refractivity contribution is -0.137. The summed E-state index contributed by atoms with van der Waals surface area (Å²) < 4.78 is 39.9. The van der Waals surface area contributed by atoms with E-state index >= 15 is 0 Å². The van der Waals surface area contributed by atoms with Gasteiger partial charge in [0.15, 0.2) is 5.69 Å². The molecule has 1 aromatic heterocycles. The molecule has 3 aromatic rings. The summed E-state index contributed by atoms with van der Waals surface area (Å²) in [6.07, 6.45) is -4.62. The molecule has 2 aromatic carbocycles. The smallest absolute Gasteiger partial charge is 0.383 e. The van der Waals surface area contributed by atoms with Gasteiger partial charge in [0.05, 0.1) is 15.6 Å². The van der Waals surface area contributed by atoms with Crippen LogP contribution in [0.5, 0.6) is 0 Å². The number of benzene rings is 2. The fourth-order valence-corrected chi connectivity index (χ4v) is 3.15. The average molecular weight is 435 g/mol. The van der Waals surface area contributed by atoms with E-state index in [1.165, 1.54) is 0 Å². The third kappa shape index (κ3) is 4.17. The summed E-state index contributed by atoms with van der Waals surface area (Å²) in [5, 5.41) is 12.7. The highest BCUT2D eigenvalue weighted by atomic mass is 35.5. The molecular weight excluding hydrogens is 424 g/mol. The first-order valence-electron chi connectivity index (χ1n) is 8.05. The second-order valence-corrected chi connectivity index (χ2v) is 6.85. The fraction of sp³-hybridized carbons (Fsp3) is 0.100. The fourth-order valence-electron chi connectivity index (χ4n) is 2.51. The standard InChI is InChI=1S/C20H11Cl2F3N4/c1-11-2-4-12(5-3-11)6-7-14-17(10-26)28-29(19(14)27)18-15(21)8-13(9-16(18)22)20(23,24)25/h2-5,8-9H,27H2,1H3. The molecule has 1 heterocycles. The van der Waals surface area contributed by atoms with Crippen molar-refractivity contribution >= 4 is 29.0 Å². The van der Waals surface area contributed by atoms with Gasteiger partial charge in [0.2, 0.25) is 0 Å². The van der Waals surface area contributed by atoms with Gasteiger partial charge < -0.3 is 5.73 Å². The Labute approximate surface area is 174 Å². The Hall–Kier alpha value is -3.13. The number of aryl methyl sites for hydroxylation is 1. The molecule has 0 aliphatic heterocycles. The molecule has 0 amide bonds. The van der Waals surface area contributed by atoms with Gasteiger partial charge >= 0.3 is 6.18 Å². The van der Waals surface area contributed by atoms with Crippen molar-refractivity contribution in [2.75, 3.05) is 5.73 Å². The van der Waals surface area contributed by atoms with Crippen molar-refractivity contribution in [3.05, 3.63) is 74.4 Å². The van der Waals surface area contributed by atoms with Crippen LogP contribution in [0.25, 0.3) is 5.69 Å². The number of aromatic nitrogens is 2. The molecule has 0 spiro atoms. The molecule has 0 aliphatic rings. The predicted octanol–water partition coefficient (Wildman–Crippen LogP) is 5.36. The second kappa shape index (κ2) is 7.71. The number of alkyl halides is 3. The number of nitrogen functional groups attached to an aromatic ring is 1. The minimum atomic E-state index is -4.62. The Balaban J connectivity index is 2.13. The zero-order valence-electron chi connectivity index (χ0n) is 14.8. The van der Waals surface area contributed by atoms with Crippen molar-refractivity contribution < 1.29 is 13.2 Å². The highest BCUT2D eigenvalue weighted by Gasteiger charge is 2.32. The van der Waals surface area contributed by atoms with Crippen LogP contribution in [0.3, 0.4) is 0 Å². The van der Waals surface area contributed by atoms with Gasteiger partial charge in [0.25, 0.3) is 0 Å². The first kappa shape index (κ1) is 20.6. The van der Waals surface area contributed by atoms with Crippen molar-refractivity contribution in [1.82, 2.24) is 9.78 Å². The molecule has 9 heteroatoms. The molecule has 0 fully saturated rings. The molecule has 3 rings (SSSR count). The Morgan fingerprint density at radius 3 is 2.17 bits per heavy atom. The third-order valence-electron chi connectivity index (χ3n) is 3.97. The van der Waals surface area contributed by atoms with Crippen molar-refractivity contribution in [3.8, 4) is 23.6 Å². The van der Waals surface area contributed by atoms with Gasteiger partial charge in [0.1, 0.15) is 23.1 Å². The largest absolute Gasteiger partial charge is 0.416 e. The highest BCUT2D eigenvalue weighted by molar-refractivity contribution is 6.38. The number of anilines is 1. The van der Waals surface area contributed by atoms with Gasteiger partial charge in [-0.2, -0.15) is 23.5 Å². The van der Waals surface area contributed by atoms with Crippen LogP contribution >= 0.6 is 23.2 Å². The molecule has 2 N–H and O–H groups in total. The van der Waals surface area contributed by atoms with E-state index in [4.69, 9.17) is 28.9 Å². The first-order chi connectivity index (χ1) is 13.6. The summed E-state index contributed by atoms with van der Waals surface area (Å²) in [5.41, 5.74) is 6.76. The summed E-state index contributed by atoms with van der Waals surface area (Å²) in [5.74, 6) is 5.60. The Kier molecular flexibility index (Phi) is 5.48. The van der Waals surface area contributed by atoms with Crippen LogP contribution in [-0.4, -0.2) is 9.78 Å². The van der Waals surface area contributed by atoms with Gasteiger partial charge in [0, 0.05) is 5.56 Å². The molecule has 0 radical (unpaired) electrons. The van der Waals surface area contributed by atoms with E-state index in [0.29, 0.717) is 17.7 Å². The van der Waals surface area contributed by atoms with Crippen molar-refractivity contribution in [2.24, 2.45) is 0 Å². The van der Waals surface area contributed by atoms with Crippen molar-refractivity contribution in [2.45, 2.75) is 13.1 Å². The van der Waals surface area contributed by atoms with Gasteiger partial charge in [-0.05, 0) is 31.2 Å².